The van der Waals surface area contributed by atoms with Crippen LogP contribution in [0, 0.1) is 10.1 Å². The van der Waals surface area contributed by atoms with Gasteiger partial charge < -0.3 is 23.8 Å². The van der Waals surface area contributed by atoms with E-state index in [1.165, 1.54) is 20.8 Å². The second kappa shape index (κ2) is 17.3. The van der Waals surface area contributed by atoms with Crippen molar-refractivity contribution in [2.24, 2.45) is 12.2 Å². The minimum Gasteiger partial charge on any atom is -0.463 e. The first-order chi connectivity index (χ1) is 25.7. The molecule has 4 rings (SSSR count). The first-order valence-corrected chi connectivity index (χ1v) is 17.5. The van der Waals surface area contributed by atoms with Crippen molar-refractivity contribution in [2.45, 2.75) is 70.5 Å². The number of ether oxygens (including phenoxy) is 4. The molecule has 0 radical (unpaired) electrons. The van der Waals surface area contributed by atoms with E-state index >= 15 is 0 Å². The lowest BCUT2D eigenvalue weighted by Gasteiger charge is -2.13. The van der Waals surface area contributed by atoms with Gasteiger partial charge in [-0.2, -0.15) is 40.2 Å². The molecule has 2 aromatic carbocycles. The maximum atomic E-state index is 13.1. The van der Waals surface area contributed by atoms with Crippen LogP contribution in [0.1, 0.15) is 61.3 Å². The summed E-state index contributed by atoms with van der Waals surface area (Å²) in [5, 5.41) is 16.8. The van der Waals surface area contributed by atoms with Crippen LogP contribution in [0.25, 0.3) is 0 Å². The van der Waals surface area contributed by atoms with Crippen LogP contribution in [0.3, 0.4) is 0 Å². The lowest BCUT2D eigenvalue weighted by atomic mass is 10.1. The summed E-state index contributed by atoms with van der Waals surface area (Å²) in [6, 6.07) is 5.37. The van der Waals surface area contributed by atoms with Crippen LogP contribution < -0.4 is 9.47 Å². The standard InChI is InChI=1S/C19H15ClF3NO7.C12H14F5N3O4S/c1-3-29-17(25)10(2)30-18(26)13-9-12(5-6-15(13)24(27)28)31-16-7-4-11(8-14(16)20)19(21,22)23;1-11(2)4-7(19-24-11)25(21,22)5-6-8(12(15,16)17)18-20(3)9(6)23-10(13)14/h4-10H,3H2,1-2H3;10H,4-5H2,1-3H3. The predicted octanol–water partition coefficient (Wildman–Crippen LogP) is 7.64. The van der Waals surface area contributed by atoms with Gasteiger partial charge in [0.25, 0.3) is 5.69 Å². The Kier molecular flexibility index (Phi) is 13.9. The van der Waals surface area contributed by atoms with E-state index in [0.717, 1.165) is 37.4 Å². The number of aromatic nitrogens is 2. The summed E-state index contributed by atoms with van der Waals surface area (Å²) in [7, 11) is -3.43. The van der Waals surface area contributed by atoms with Gasteiger partial charge in [0.2, 0.25) is 5.88 Å². The van der Waals surface area contributed by atoms with Crippen LogP contribution in [0.2, 0.25) is 5.02 Å². The number of sulfone groups is 1. The van der Waals surface area contributed by atoms with E-state index in [4.69, 9.17) is 30.6 Å². The summed E-state index contributed by atoms with van der Waals surface area (Å²) >= 11 is 5.83. The number of hydrogen-bond donors (Lipinski definition) is 0. The molecular formula is C31H29ClF8N4O11S. The molecule has 0 saturated heterocycles. The molecule has 0 spiro atoms. The Morgan fingerprint density at radius 2 is 1.73 bits per heavy atom. The zero-order valence-corrected chi connectivity index (χ0v) is 30.9. The van der Waals surface area contributed by atoms with Gasteiger partial charge >= 0.3 is 30.9 Å². The first-order valence-electron chi connectivity index (χ1n) is 15.4. The van der Waals surface area contributed by atoms with Gasteiger partial charge in [0.05, 0.1) is 33.4 Å². The van der Waals surface area contributed by atoms with Crippen molar-refractivity contribution in [3.8, 4) is 17.4 Å². The van der Waals surface area contributed by atoms with Gasteiger partial charge in [0, 0.05) is 25.6 Å². The summed E-state index contributed by atoms with van der Waals surface area (Å²) < 4.78 is 147. The Balaban J connectivity index is 0.000000307. The molecule has 1 atom stereocenters. The van der Waals surface area contributed by atoms with E-state index in [2.05, 4.69) is 15.0 Å². The van der Waals surface area contributed by atoms with Crippen molar-refractivity contribution in [1.29, 1.82) is 0 Å². The Bertz CT molecular complexity index is 2110. The summed E-state index contributed by atoms with van der Waals surface area (Å²) in [5.41, 5.74) is -5.73. The van der Waals surface area contributed by atoms with Crippen molar-refractivity contribution in [3.63, 3.8) is 0 Å². The molecule has 0 aliphatic carbocycles. The maximum absolute atomic E-state index is 13.1. The molecule has 25 heteroatoms. The summed E-state index contributed by atoms with van der Waals surface area (Å²) in [6.45, 7) is 2.43. The molecule has 3 aromatic rings. The van der Waals surface area contributed by atoms with E-state index in [9.17, 15) is 63.2 Å². The summed E-state index contributed by atoms with van der Waals surface area (Å²) in [5.74, 6) is -4.59. The number of nitrogens with zero attached hydrogens (tertiary/aromatic N) is 4. The molecule has 1 aliphatic heterocycles. The van der Waals surface area contributed by atoms with Crippen molar-refractivity contribution in [1.82, 2.24) is 9.78 Å². The lowest BCUT2D eigenvalue weighted by molar-refractivity contribution is -0.385. The average molecular weight is 853 g/mol. The Labute approximate surface area is 316 Å². The summed E-state index contributed by atoms with van der Waals surface area (Å²) in [4.78, 5) is 39.3. The van der Waals surface area contributed by atoms with Gasteiger partial charge in [-0.3, -0.25) is 10.1 Å². The van der Waals surface area contributed by atoms with Crippen LogP contribution >= 0.6 is 11.6 Å². The second-order valence-corrected chi connectivity index (χ2v) is 14.3. The van der Waals surface area contributed by atoms with E-state index < -0.39 is 102 Å². The van der Waals surface area contributed by atoms with Crippen molar-refractivity contribution in [2.75, 3.05) is 6.61 Å². The van der Waals surface area contributed by atoms with Crippen molar-refractivity contribution < 1.29 is 81.8 Å². The van der Waals surface area contributed by atoms with Crippen LogP contribution in [0.5, 0.6) is 17.4 Å². The van der Waals surface area contributed by atoms with E-state index in [0.29, 0.717) is 10.7 Å². The van der Waals surface area contributed by atoms with Crippen molar-refractivity contribution in [3.05, 3.63) is 73.9 Å². The zero-order chi connectivity index (χ0) is 42.6. The molecule has 0 amide bonds. The highest BCUT2D eigenvalue weighted by molar-refractivity contribution is 8.05. The van der Waals surface area contributed by atoms with Crippen LogP contribution in [-0.4, -0.2) is 65.0 Å². The molecule has 1 aliphatic rings. The van der Waals surface area contributed by atoms with E-state index in [-0.39, 0.29) is 29.5 Å². The number of carbonyl (C=O) groups is 2. The average Bonchev–Trinajstić information content (AvgIpc) is 3.59. The monoisotopic (exact) mass is 852 g/mol. The number of carbonyl (C=O) groups excluding carboxylic acids is 2. The molecule has 56 heavy (non-hydrogen) atoms. The number of esters is 2. The number of alkyl halides is 8. The third-order valence-corrected chi connectivity index (χ3v) is 8.90. The number of aryl methyl sites for hydroxylation is 1. The van der Waals surface area contributed by atoms with E-state index in [1.807, 2.05) is 0 Å². The number of halogens is 9. The second-order valence-electron chi connectivity index (χ2n) is 11.9. The highest BCUT2D eigenvalue weighted by Crippen LogP contribution is 2.39. The zero-order valence-electron chi connectivity index (χ0n) is 29.3. The number of benzene rings is 2. The third kappa shape index (κ3) is 11.6. The molecule has 308 valence electrons. The highest BCUT2D eigenvalue weighted by atomic mass is 35.5. The smallest absolute Gasteiger partial charge is 0.435 e. The fourth-order valence-electron chi connectivity index (χ4n) is 4.51. The van der Waals surface area contributed by atoms with Gasteiger partial charge in [-0.15, -0.1) is 0 Å². The highest BCUT2D eigenvalue weighted by Gasteiger charge is 2.43. The quantitative estimate of drug-likeness (QED) is 0.0795. The number of nitro groups is 1. The maximum Gasteiger partial charge on any atom is 0.435 e. The molecule has 0 N–H and O–H groups in total. The molecule has 0 saturated carbocycles. The van der Waals surface area contributed by atoms with E-state index in [1.54, 1.807) is 6.92 Å². The number of hydrogen-bond acceptors (Lipinski definition) is 13. The Morgan fingerprint density at radius 1 is 1.09 bits per heavy atom. The van der Waals surface area contributed by atoms with Crippen LogP contribution in [0.15, 0.2) is 41.6 Å². The van der Waals surface area contributed by atoms with Gasteiger partial charge in [-0.1, -0.05) is 16.8 Å². The minimum atomic E-state index is -5.06. The number of oxime groups is 1. The third-order valence-electron chi connectivity index (χ3n) is 7.00. The van der Waals surface area contributed by atoms with Gasteiger partial charge in [-0.25, -0.2) is 22.7 Å². The number of rotatable bonds is 11. The minimum absolute atomic E-state index is 0.0398. The largest absolute Gasteiger partial charge is 0.463 e. The number of nitro benzene ring substituents is 1. The summed E-state index contributed by atoms with van der Waals surface area (Å²) in [6.07, 6.45) is -11.2. The van der Waals surface area contributed by atoms with Gasteiger partial charge in [0.15, 0.2) is 26.7 Å². The molecular weight excluding hydrogens is 824 g/mol. The lowest BCUT2D eigenvalue weighted by Crippen LogP contribution is -2.26. The Morgan fingerprint density at radius 3 is 2.23 bits per heavy atom. The van der Waals surface area contributed by atoms with Crippen LogP contribution in [0.4, 0.5) is 40.8 Å². The van der Waals surface area contributed by atoms with Crippen molar-refractivity contribution >= 4 is 44.1 Å². The fraction of sp³-hybridized carbons (Fsp3) is 0.419. The normalized spacial score (nSPS) is 14.5. The topological polar surface area (TPSA) is 188 Å². The molecule has 1 aromatic heterocycles. The van der Waals surface area contributed by atoms with Gasteiger partial charge in [-0.05, 0) is 52.0 Å². The molecule has 2 heterocycles. The van der Waals surface area contributed by atoms with Gasteiger partial charge in [0.1, 0.15) is 22.7 Å². The molecule has 1 unspecified atom stereocenters. The SMILES string of the molecule is CCOC(=O)C(C)OC(=O)c1cc(Oc2ccc(C(F)(F)F)cc2Cl)ccc1[N+](=O)[O-].Cn1nc(C(F)(F)F)c(CS(=O)(=O)C2=NOC(C)(C)C2)c1OC(F)F. The predicted molar refractivity (Wildman–Crippen MR) is 176 cm³/mol. The molecule has 15 nitrogen and oxygen atoms in total. The molecule has 0 bridgehead atoms. The first kappa shape index (κ1) is 45.1. The molecule has 0 fully saturated rings. The van der Waals surface area contributed by atoms with Crippen LogP contribution in [-0.2, 0) is 54.1 Å². The Hall–Kier alpha value is -5.26. The fourth-order valence-corrected chi connectivity index (χ4v) is 6.25.